The van der Waals surface area contributed by atoms with Crippen molar-refractivity contribution < 1.29 is 9.59 Å². The predicted octanol–water partition coefficient (Wildman–Crippen LogP) is 5.14. The smallest absolute Gasteiger partial charge is 0.280 e. The van der Waals surface area contributed by atoms with Crippen LogP contribution >= 0.6 is 0 Å². The minimum Gasteiger partial charge on any atom is -0.293 e. The van der Waals surface area contributed by atoms with Gasteiger partial charge in [-0.3, -0.25) is 19.4 Å². The van der Waals surface area contributed by atoms with Crippen LogP contribution in [0.1, 0.15) is 32.6 Å². The fourth-order valence-corrected chi connectivity index (χ4v) is 4.51. The van der Waals surface area contributed by atoms with Gasteiger partial charge in [0.1, 0.15) is 0 Å². The summed E-state index contributed by atoms with van der Waals surface area (Å²) in [7, 11) is 0. The molecule has 0 saturated carbocycles. The second-order valence-corrected chi connectivity index (χ2v) is 9.12. The third-order valence-electron chi connectivity index (χ3n) is 6.29. The van der Waals surface area contributed by atoms with Gasteiger partial charge in [0.2, 0.25) is 0 Å². The monoisotopic (exact) mass is 488 g/mol. The van der Waals surface area contributed by atoms with E-state index in [4.69, 9.17) is 0 Å². The molecule has 184 valence electrons. The molecule has 4 aromatic rings. The standard InChI is InChI=1S/C31H28N4O2/c1-23-11-10-16-26(19-23)30(36)33-32-29-27-17-8-9-18-28(27)35(31(29)37)22-34(20-24-12-4-2-5-13-24)21-25-14-6-3-7-15-25/h2-19H,20-22H2,1H3,(H,33,36)/b32-29-. The lowest BCUT2D eigenvalue weighted by Gasteiger charge is -2.28. The fraction of sp³-hybridized carbons (Fsp3) is 0.129. The van der Waals surface area contributed by atoms with Crippen molar-refractivity contribution in [3.8, 4) is 0 Å². The summed E-state index contributed by atoms with van der Waals surface area (Å²) >= 11 is 0. The number of carbonyl (C=O) groups excluding carboxylic acids is 2. The van der Waals surface area contributed by atoms with Gasteiger partial charge in [-0.15, -0.1) is 0 Å². The van der Waals surface area contributed by atoms with E-state index >= 15 is 0 Å². The number of anilines is 1. The normalized spacial score (nSPS) is 13.7. The molecule has 6 nitrogen and oxygen atoms in total. The maximum absolute atomic E-state index is 13.6. The predicted molar refractivity (Wildman–Crippen MR) is 146 cm³/mol. The lowest BCUT2D eigenvalue weighted by molar-refractivity contribution is -0.112. The molecule has 1 aliphatic rings. The number of aryl methyl sites for hydroxylation is 1. The summed E-state index contributed by atoms with van der Waals surface area (Å²) in [6.07, 6.45) is 0. The lowest BCUT2D eigenvalue weighted by atomic mass is 10.1. The van der Waals surface area contributed by atoms with Crippen molar-refractivity contribution in [2.45, 2.75) is 20.0 Å². The number of fused-ring (bicyclic) bond motifs is 1. The third-order valence-corrected chi connectivity index (χ3v) is 6.29. The molecule has 6 heteroatoms. The first kappa shape index (κ1) is 24.2. The molecule has 1 heterocycles. The highest BCUT2D eigenvalue weighted by Crippen LogP contribution is 2.30. The number of hydrazone groups is 1. The SMILES string of the molecule is Cc1cccc(C(=O)N/N=C2\C(=O)N(CN(Cc3ccccc3)Cc3ccccc3)c3ccccc32)c1. The molecule has 0 aliphatic carbocycles. The van der Waals surface area contributed by atoms with Crippen molar-refractivity contribution in [1.82, 2.24) is 10.3 Å². The molecule has 0 saturated heterocycles. The summed E-state index contributed by atoms with van der Waals surface area (Å²) in [6.45, 7) is 3.66. The number of amides is 2. The molecule has 0 unspecified atom stereocenters. The van der Waals surface area contributed by atoms with E-state index in [0.717, 1.165) is 22.4 Å². The van der Waals surface area contributed by atoms with Crippen molar-refractivity contribution in [2.24, 2.45) is 5.10 Å². The average Bonchev–Trinajstić information content (AvgIpc) is 3.18. The van der Waals surface area contributed by atoms with E-state index in [9.17, 15) is 9.59 Å². The van der Waals surface area contributed by atoms with E-state index in [0.29, 0.717) is 30.9 Å². The van der Waals surface area contributed by atoms with E-state index < -0.39 is 0 Å². The van der Waals surface area contributed by atoms with Gasteiger partial charge < -0.3 is 0 Å². The Bertz CT molecular complexity index is 1390. The Labute approximate surface area is 216 Å². The molecule has 1 aliphatic heterocycles. The molecule has 37 heavy (non-hydrogen) atoms. The van der Waals surface area contributed by atoms with Gasteiger partial charge >= 0.3 is 0 Å². The summed E-state index contributed by atoms with van der Waals surface area (Å²) in [5.41, 5.74) is 8.10. The summed E-state index contributed by atoms with van der Waals surface area (Å²) in [6, 6.07) is 35.3. The third kappa shape index (κ3) is 5.66. The Kier molecular flexibility index (Phi) is 7.19. The van der Waals surface area contributed by atoms with Crippen LogP contribution in [0.4, 0.5) is 5.69 Å². The number of carbonyl (C=O) groups is 2. The topological polar surface area (TPSA) is 65.0 Å². The zero-order valence-corrected chi connectivity index (χ0v) is 20.7. The summed E-state index contributed by atoms with van der Waals surface area (Å²) in [4.78, 5) is 30.3. The minimum absolute atomic E-state index is 0.232. The van der Waals surface area contributed by atoms with E-state index in [1.165, 1.54) is 0 Å². The molecular weight excluding hydrogens is 460 g/mol. The van der Waals surface area contributed by atoms with Crippen LogP contribution in [0.5, 0.6) is 0 Å². The van der Waals surface area contributed by atoms with Gasteiger partial charge in [-0.2, -0.15) is 5.10 Å². The molecule has 0 spiro atoms. The molecule has 0 fully saturated rings. The van der Waals surface area contributed by atoms with Crippen molar-refractivity contribution in [3.05, 3.63) is 137 Å². The molecule has 0 bridgehead atoms. The zero-order valence-electron chi connectivity index (χ0n) is 20.7. The van der Waals surface area contributed by atoms with Crippen LogP contribution in [0.2, 0.25) is 0 Å². The van der Waals surface area contributed by atoms with Gasteiger partial charge in [0.15, 0.2) is 5.71 Å². The van der Waals surface area contributed by atoms with Crippen molar-refractivity contribution in [2.75, 3.05) is 11.6 Å². The summed E-state index contributed by atoms with van der Waals surface area (Å²) < 4.78 is 0. The number of hydrogen-bond acceptors (Lipinski definition) is 4. The van der Waals surface area contributed by atoms with Crippen molar-refractivity contribution in [3.63, 3.8) is 0 Å². The summed E-state index contributed by atoms with van der Waals surface area (Å²) in [5, 5.41) is 4.28. The Balaban J connectivity index is 1.40. The van der Waals surface area contributed by atoms with Gasteiger partial charge in [-0.05, 0) is 36.2 Å². The second kappa shape index (κ2) is 11.0. The Morgan fingerprint density at radius 3 is 2.08 bits per heavy atom. The highest BCUT2D eigenvalue weighted by Gasteiger charge is 2.35. The van der Waals surface area contributed by atoms with E-state index in [1.807, 2.05) is 79.7 Å². The number of para-hydroxylation sites is 1. The molecular formula is C31H28N4O2. The number of nitrogens with zero attached hydrogens (tertiary/aromatic N) is 3. The van der Waals surface area contributed by atoms with E-state index in [1.54, 1.807) is 17.0 Å². The largest absolute Gasteiger partial charge is 0.293 e. The molecule has 0 radical (unpaired) electrons. The number of benzene rings is 4. The Morgan fingerprint density at radius 2 is 1.43 bits per heavy atom. The lowest BCUT2D eigenvalue weighted by Crippen LogP contribution is -2.41. The van der Waals surface area contributed by atoms with Crippen LogP contribution in [-0.2, 0) is 17.9 Å². The Morgan fingerprint density at radius 1 is 0.811 bits per heavy atom. The van der Waals surface area contributed by atoms with Gasteiger partial charge in [0.05, 0.1) is 12.4 Å². The van der Waals surface area contributed by atoms with E-state index in [-0.39, 0.29) is 17.5 Å². The number of rotatable bonds is 8. The van der Waals surface area contributed by atoms with Crippen LogP contribution in [0.25, 0.3) is 0 Å². The van der Waals surface area contributed by atoms with Gasteiger partial charge in [0, 0.05) is 24.2 Å². The van der Waals surface area contributed by atoms with Crippen LogP contribution in [0.3, 0.4) is 0 Å². The first-order valence-electron chi connectivity index (χ1n) is 12.2. The number of nitrogens with one attached hydrogen (secondary N) is 1. The molecule has 0 aromatic heterocycles. The highest BCUT2D eigenvalue weighted by molar-refractivity contribution is 6.54. The van der Waals surface area contributed by atoms with Crippen LogP contribution in [-0.4, -0.2) is 29.1 Å². The van der Waals surface area contributed by atoms with Crippen LogP contribution < -0.4 is 10.3 Å². The Hall–Kier alpha value is -4.55. The highest BCUT2D eigenvalue weighted by atomic mass is 16.2. The van der Waals surface area contributed by atoms with Crippen LogP contribution in [0.15, 0.2) is 114 Å². The molecule has 2 amide bonds. The first-order chi connectivity index (χ1) is 18.1. The first-order valence-corrected chi connectivity index (χ1v) is 12.2. The quantitative estimate of drug-likeness (QED) is 0.350. The molecule has 0 atom stereocenters. The van der Waals surface area contributed by atoms with Crippen molar-refractivity contribution >= 4 is 23.2 Å². The number of hydrogen-bond donors (Lipinski definition) is 1. The maximum Gasteiger partial charge on any atom is 0.280 e. The summed E-state index contributed by atoms with van der Waals surface area (Å²) in [5.74, 6) is -0.591. The van der Waals surface area contributed by atoms with Gasteiger partial charge in [-0.1, -0.05) is 96.6 Å². The average molecular weight is 489 g/mol. The van der Waals surface area contributed by atoms with Gasteiger partial charge in [0.25, 0.3) is 11.8 Å². The molecule has 5 rings (SSSR count). The molecule has 4 aromatic carbocycles. The zero-order chi connectivity index (χ0) is 25.6. The van der Waals surface area contributed by atoms with E-state index in [2.05, 4.69) is 39.7 Å². The molecule has 1 N–H and O–H groups in total. The van der Waals surface area contributed by atoms with Crippen LogP contribution in [0, 0.1) is 6.92 Å². The minimum atomic E-state index is -0.352. The maximum atomic E-state index is 13.6. The van der Waals surface area contributed by atoms with Gasteiger partial charge in [-0.25, -0.2) is 5.43 Å². The fourth-order valence-electron chi connectivity index (χ4n) is 4.51. The van der Waals surface area contributed by atoms with Crippen molar-refractivity contribution in [1.29, 1.82) is 0 Å². The second-order valence-electron chi connectivity index (χ2n) is 9.12.